The Morgan fingerprint density at radius 1 is 1.13 bits per heavy atom. The molecular weight excluding hydrogens is 433 g/mol. The van der Waals surface area contributed by atoms with E-state index in [0.29, 0.717) is 27.3 Å². The number of carbonyl (C=O) groups is 1. The topological polar surface area (TPSA) is 38.8 Å². The summed E-state index contributed by atoms with van der Waals surface area (Å²) >= 11 is 6.87. The lowest BCUT2D eigenvalue weighted by Crippen LogP contribution is -2.39. The van der Waals surface area contributed by atoms with Crippen molar-refractivity contribution in [1.29, 1.82) is 0 Å². The molecule has 1 aliphatic carbocycles. The van der Waals surface area contributed by atoms with Gasteiger partial charge in [-0.3, -0.25) is 9.69 Å². The molecule has 2 aromatic rings. The molecule has 0 atom stereocenters. The zero-order valence-corrected chi connectivity index (χ0v) is 18.9. The van der Waals surface area contributed by atoms with Crippen LogP contribution < -0.4 is 9.47 Å². The lowest BCUT2D eigenvalue weighted by Gasteiger charge is -2.29. The monoisotopic (exact) mass is 457 g/mol. The minimum Gasteiger partial charge on any atom is -0.493 e. The van der Waals surface area contributed by atoms with Crippen molar-refractivity contribution in [3.63, 3.8) is 0 Å². The summed E-state index contributed by atoms with van der Waals surface area (Å²) < 4.78 is 25.0. The second kappa shape index (κ2) is 9.83. The number of thiocarbonyl (C=S) groups is 1. The third-order valence-corrected chi connectivity index (χ3v) is 6.89. The van der Waals surface area contributed by atoms with Crippen molar-refractivity contribution in [2.45, 2.75) is 44.8 Å². The standard InChI is InChI=1S/C24H24FNO3S2/c1-28-21-13-17(9-12-20(21)29-15-16-7-10-18(25)11-8-16)14-22-23(27)26(24(30)31-22)19-5-3-2-4-6-19/h7-14,19H,2-6,15H2,1H3. The molecule has 0 radical (unpaired) electrons. The molecule has 0 bridgehead atoms. The molecule has 4 rings (SSSR count). The number of nitrogens with zero attached hydrogens (tertiary/aromatic N) is 1. The Labute approximate surface area is 191 Å². The van der Waals surface area contributed by atoms with E-state index in [1.54, 1.807) is 19.2 Å². The average Bonchev–Trinajstić information content (AvgIpc) is 3.07. The molecule has 4 nitrogen and oxygen atoms in total. The third kappa shape index (κ3) is 5.10. The van der Waals surface area contributed by atoms with Crippen molar-refractivity contribution in [3.05, 3.63) is 64.3 Å². The number of thioether (sulfide) groups is 1. The highest BCUT2D eigenvalue weighted by Gasteiger charge is 2.37. The summed E-state index contributed by atoms with van der Waals surface area (Å²) in [5.74, 6) is 0.870. The van der Waals surface area contributed by atoms with Crippen molar-refractivity contribution in [3.8, 4) is 11.5 Å². The predicted molar refractivity (Wildman–Crippen MR) is 126 cm³/mol. The van der Waals surface area contributed by atoms with Gasteiger partial charge in [0.25, 0.3) is 5.91 Å². The van der Waals surface area contributed by atoms with Gasteiger partial charge in [-0.2, -0.15) is 0 Å². The van der Waals surface area contributed by atoms with Gasteiger partial charge in [0.15, 0.2) is 11.5 Å². The minimum atomic E-state index is -0.278. The number of benzene rings is 2. The van der Waals surface area contributed by atoms with Crippen LogP contribution in [-0.4, -0.2) is 28.3 Å². The fourth-order valence-electron chi connectivity index (χ4n) is 3.92. The summed E-state index contributed by atoms with van der Waals surface area (Å²) in [7, 11) is 1.58. The quantitative estimate of drug-likeness (QED) is 0.396. The number of methoxy groups -OCH3 is 1. The van der Waals surface area contributed by atoms with Crippen molar-refractivity contribution in [2.75, 3.05) is 7.11 Å². The van der Waals surface area contributed by atoms with Crippen LogP contribution in [0.15, 0.2) is 47.4 Å². The van der Waals surface area contributed by atoms with Crippen LogP contribution >= 0.6 is 24.0 Å². The highest BCUT2D eigenvalue weighted by atomic mass is 32.2. The number of hydrogen-bond acceptors (Lipinski definition) is 5. The maximum Gasteiger partial charge on any atom is 0.266 e. The zero-order valence-electron chi connectivity index (χ0n) is 17.3. The zero-order chi connectivity index (χ0) is 21.8. The fraction of sp³-hybridized carbons (Fsp3) is 0.333. The number of carbonyl (C=O) groups excluding carboxylic acids is 1. The Balaban J connectivity index is 1.48. The molecule has 0 aromatic heterocycles. The van der Waals surface area contributed by atoms with Crippen LogP contribution in [0.1, 0.15) is 43.2 Å². The SMILES string of the molecule is COc1cc(C=C2SC(=S)N(C3CCCCC3)C2=O)ccc1OCc1ccc(F)cc1. The van der Waals surface area contributed by atoms with Gasteiger partial charge in [0.05, 0.1) is 12.0 Å². The molecule has 31 heavy (non-hydrogen) atoms. The Kier molecular flexibility index (Phi) is 6.92. The number of amides is 1. The van der Waals surface area contributed by atoms with Gasteiger partial charge in [-0.1, -0.05) is 61.4 Å². The number of halogens is 1. The summed E-state index contributed by atoms with van der Waals surface area (Å²) in [5, 5.41) is 0. The van der Waals surface area contributed by atoms with Gasteiger partial charge in [0.2, 0.25) is 0 Å². The lowest BCUT2D eigenvalue weighted by molar-refractivity contribution is -0.124. The van der Waals surface area contributed by atoms with Crippen molar-refractivity contribution in [2.24, 2.45) is 0 Å². The van der Waals surface area contributed by atoms with Gasteiger partial charge in [-0.25, -0.2) is 4.39 Å². The maximum atomic E-state index is 13.1. The van der Waals surface area contributed by atoms with Crippen LogP contribution in [0.4, 0.5) is 4.39 Å². The molecule has 1 amide bonds. The van der Waals surface area contributed by atoms with E-state index in [-0.39, 0.29) is 17.8 Å². The van der Waals surface area contributed by atoms with Crippen LogP contribution in [-0.2, 0) is 11.4 Å². The van der Waals surface area contributed by atoms with Crippen LogP contribution in [0.3, 0.4) is 0 Å². The molecule has 1 heterocycles. The summed E-state index contributed by atoms with van der Waals surface area (Å²) in [4.78, 5) is 15.4. The molecule has 1 saturated heterocycles. The summed E-state index contributed by atoms with van der Waals surface area (Å²) in [6, 6.07) is 11.9. The van der Waals surface area contributed by atoms with Gasteiger partial charge in [0.1, 0.15) is 16.7 Å². The molecule has 0 spiro atoms. The van der Waals surface area contributed by atoms with Gasteiger partial charge >= 0.3 is 0 Å². The van der Waals surface area contributed by atoms with Crippen LogP contribution in [0.5, 0.6) is 11.5 Å². The highest BCUT2D eigenvalue weighted by molar-refractivity contribution is 8.26. The first-order valence-electron chi connectivity index (χ1n) is 10.4. The second-order valence-electron chi connectivity index (χ2n) is 7.67. The Bertz CT molecular complexity index is 1000. The second-order valence-corrected chi connectivity index (χ2v) is 9.34. The molecule has 2 fully saturated rings. The maximum absolute atomic E-state index is 13.1. The molecule has 0 unspecified atom stereocenters. The van der Waals surface area contributed by atoms with Crippen LogP contribution in [0.25, 0.3) is 6.08 Å². The molecule has 2 aromatic carbocycles. The van der Waals surface area contributed by atoms with Crippen molar-refractivity contribution in [1.82, 2.24) is 4.90 Å². The average molecular weight is 458 g/mol. The van der Waals surface area contributed by atoms with Crippen LogP contribution in [0, 0.1) is 5.82 Å². The summed E-state index contributed by atoms with van der Waals surface area (Å²) in [5.41, 5.74) is 1.70. The Hall–Kier alpha value is -2.38. The van der Waals surface area contributed by atoms with E-state index in [0.717, 1.165) is 36.8 Å². The molecule has 0 N–H and O–H groups in total. The molecule has 1 saturated carbocycles. The van der Waals surface area contributed by atoms with E-state index in [1.807, 2.05) is 29.2 Å². The van der Waals surface area contributed by atoms with E-state index < -0.39 is 0 Å². The van der Waals surface area contributed by atoms with Crippen molar-refractivity contribution >= 4 is 40.3 Å². The number of ether oxygens (including phenoxy) is 2. The summed E-state index contributed by atoms with van der Waals surface area (Å²) in [6.07, 6.45) is 7.43. The van der Waals surface area contributed by atoms with Gasteiger partial charge in [0, 0.05) is 6.04 Å². The van der Waals surface area contributed by atoms with Gasteiger partial charge in [-0.05, 0) is 54.3 Å². The van der Waals surface area contributed by atoms with E-state index in [1.165, 1.54) is 30.3 Å². The summed E-state index contributed by atoms with van der Waals surface area (Å²) in [6.45, 7) is 0.302. The van der Waals surface area contributed by atoms with Gasteiger partial charge < -0.3 is 9.47 Å². The smallest absolute Gasteiger partial charge is 0.266 e. The third-order valence-electron chi connectivity index (χ3n) is 5.56. The molecule has 2 aliphatic rings. The molecule has 7 heteroatoms. The normalized spacial score (nSPS) is 18.6. The lowest BCUT2D eigenvalue weighted by atomic mass is 9.94. The first kappa shape index (κ1) is 21.8. The molecular formula is C24H24FNO3S2. The van der Waals surface area contributed by atoms with Crippen LogP contribution in [0.2, 0.25) is 0 Å². The predicted octanol–water partition coefficient (Wildman–Crippen LogP) is 5.95. The largest absolute Gasteiger partial charge is 0.493 e. The van der Waals surface area contributed by atoms with Crippen molar-refractivity contribution < 1.29 is 18.7 Å². The first-order valence-corrected chi connectivity index (χ1v) is 11.6. The molecule has 1 aliphatic heterocycles. The van der Waals surface area contributed by atoms with E-state index in [4.69, 9.17) is 21.7 Å². The number of hydrogen-bond donors (Lipinski definition) is 0. The highest BCUT2D eigenvalue weighted by Crippen LogP contribution is 2.38. The molecule has 162 valence electrons. The number of rotatable bonds is 6. The van der Waals surface area contributed by atoms with Gasteiger partial charge in [-0.15, -0.1) is 0 Å². The minimum absolute atomic E-state index is 0.00231. The Morgan fingerprint density at radius 2 is 1.87 bits per heavy atom. The Morgan fingerprint density at radius 3 is 2.58 bits per heavy atom. The first-order chi connectivity index (χ1) is 15.0. The van der Waals surface area contributed by atoms with E-state index in [9.17, 15) is 9.18 Å². The van der Waals surface area contributed by atoms with E-state index in [2.05, 4.69) is 0 Å². The fourth-order valence-corrected chi connectivity index (χ4v) is 5.32. The van der Waals surface area contributed by atoms with E-state index >= 15 is 0 Å².